The van der Waals surface area contributed by atoms with E-state index in [2.05, 4.69) is 23.5 Å². The van der Waals surface area contributed by atoms with Gasteiger partial charge in [-0.1, -0.05) is 18.7 Å². The van der Waals surface area contributed by atoms with E-state index in [0.717, 1.165) is 24.2 Å². The predicted molar refractivity (Wildman–Crippen MR) is 127 cm³/mol. The number of aromatic hydroxyl groups is 1. The van der Waals surface area contributed by atoms with E-state index in [1.54, 1.807) is 18.2 Å². The summed E-state index contributed by atoms with van der Waals surface area (Å²) in [6.45, 7) is 7.22. The van der Waals surface area contributed by atoms with Crippen LogP contribution in [0.15, 0.2) is 43.1 Å². The lowest BCUT2D eigenvalue weighted by atomic mass is 9.96. The quantitative estimate of drug-likeness (QED) is 0.440. The van der Waals surface area contributed by atoms with Crippen LogP contribution in [0.5, 0.6) is 5.75 Å². The Morgan fingerprint density at radius 2 is 2.00 bits per heavy atom. The van der Waals surface area contributed by atoms with Crippen molar-refractivity contribution in [2.45, 2.75) is 25.2 Å². The van der Waals surface area contributed by atoms with Crippen LogP contribution >= 0.6 is 0 Å². The van der Waals surface area contributed by atoms with E-state index < -0.39 is 0 Å². The number of nitrogens with zero attached hydrogens (tertiary/aromatic N) is 1. The number of ether oxygens (including phenoxy) is 1. The molecule has 2 fully saturated rings. The van der Waals surface area contributed by atoms with Gasteiger partial charge in [0.2, 0.25) is 0 Å². The van der Waals surface area contributed by atoms with Crippen molar-refractivity contribution in [3.05, 3.63) is 59.8 Å². The molecule has 0 amide bonds. The number of anilines is 1. The van der Waals surface area contributed by atoms with Gasteiger partial charge in [-0.3, -0.25) is 4.79 Å². The van der Waals surface area contributed by atoms with E-state index in [1.807, 2.05) is 18.3 Å². The van der Waals surface area contributed by atoms with Crippen LogP contribution < -0.4 is 11.5 Å². The van der Waals surface area contributed by atoms with Crippen LogP contribution in [0.3, 0.4) is 0 Å². The number of aromatic nitrogens is 1. The molecule has 0 spiro atoms. The minimum atomic E-state index is 0.158. The highest BCUT2D eigenvalue weighted by Crippen LogP contribution is 2.33. The zero-order valence-corrected chi connectivity index (χ0v) is 18.2. The third-order valence-electron chi connectivity index (χ3n) is 5.29. The van der Waals surface area contributed by atoms with E-state index in [0.29, 0.717) is 35.9 Å². The number of nitrogens with one attached hydrogen (secondary N) is 1. The lowest BCUT2D eigenvalue weighted by Gasteiger charge is -2.09. The minimum absolute atomic E-state index is 0.158. The number of aldehydes is 1. The summed E-state index contributed by atoms with van der Waals surface area (Å²) < 4.78 is 5.44. The Morgan fingerprint density at radius 3 is 2.52 bits per heavy atom. The van der Waals surface area contributed by atoms with Crippen molar-refractivity contribution >= 4 is 23.9 Å². The van der Waals surface area contributed by atoms with Gasteiger partial charge < -0.3 is 31.2 Å². The molecule has 6 N–H and O–H groups in total. The molecule has 7 nitrogen and oxygen atoms in total. The predicted octanol–water partition coefficient (Wildman–Crippen LogP) is 3.35. The van der Waals surface area contributed by atoms with E-state index in [4.69, 9.17) is 21.0 Å². The maximum Gasteiger partial charge on any atom is 0.142 e. The molecule has 31 heavy (non-hydrogen) atoms. The second-order valence-corrected chi connectivity index (χ2v) is 7.63. The number of phenolic OH excluding ortho intramolecular Hbond substituents is 1. The molecule has 0 aliphatic carbocycles. The van der Waals surface area contributed by atoms with Crippen LogP contribution in [0.1, 0.15) is 41.9 Å². The first-order valence-corrected chi connectivity index (χ1v) is 10.5. The molecule has 2 aliphatic heterocycles. The number of allylic oxidation sites excluding steroid dienone is 1. The van der Waals surface area contributed by atoms with Gasteiger partial charge in [0.25, 0.3) is 0 Å². The standard InChI is InChI=1S/C16H19N3O2.C5H11N.C3H4O/c17-14(11-3-1-2-4-15(11)20)7-12-13(8-19-16(12)18)10-5-6-21-9-10;1-6-4-2-3-5-6;1-2-3-4/h1-4,7-8,10,19-20H,5-6,9,17-18H2;2-5H2,1H3;2-3H,1H2/b14-7-;;/t10-;;/m1../s1. The molecule has 2 saturated heterocycles. The summed E-state index contributed by atoms with van der Waals surface area (Å²) in [5, 5.41) is 9.88. The van der Waals surface area contributed by atoms with Gasteiger partial charge in [-0.15, -0.1) is 0 Å². The largest absolute Gasteiger partial charge is 0.507 e. The fourth-order valence-electron chi connectivity index (χ4n) is 3.57. The number of hydrogen-bond donors (Lipinski definition) is 4. The second kappa shape index (κ2) is 12.6. The molecule has 2 aromatic rings. The number of H-pyrrole nitrogens is 1. The number of phenols is 1. The molecule has 7 heteroatoms. The minimum Gasteiger partial charge on any atom is -0.507 e. The highest BCUT2D eigenvalue weighted by molar-refractivity contribution is 5.85. The van der Waals surface area contributed by atoms with Crippen LogP contribution in [0.4, 0.5) is 5.82 Å². The van der Waals surface area contributed by atoms with Gasteiger partial charge in [0.1, 0.15) is 17.9 Å². The molecule has 0 saturated carbocycles. The number of nitrogen functional groups attached to an aromatic ring is 1. The first kappa shape index (κ1) is 24.2. The maximum atomic E-state index is 9.88. The molecule has 168 valence electrons. The third kappa shape index (κ3) is 7.31. The van der Waals surface area contributed by atoms with E-state index in [-0.39, 0.29) is 5.75 Å². The van der Waals surface area contributed by atoms with Gasteiger partial charge in [0.05, 0.1) is 6.61 Å². The van der Waals surface area contributed by atoms with E-state index in [9.17, 15) is 5.11 Å². The van der Waals surface area contributed by atoms with Crippen molar-refractivity contribution < 1.29 is 14.6 Å². The molecule has 2 aliphatic rings. The molecular formula is C24H34N4O3. The number of para-hydroxylation sites is 1. The van der Waals surface area contributed by atoms with Gasteiger partial charge >= 0.3 is 0 Å². The lowest BCUT2D eigenvalue weighted by molar-refractivity contribution is -0.104. The van der Waals surface area contributed by atoms with Crippen LogP contribution in [-0.4, -0.2) is 54.6 Å². The Balaban J connectivity index is 0.000000283. The van der Waals surface area contributed by atoms with Crippen molar-refractivity contribution in [3.63, 3.8) is 0 Å². The average Bonchev–Trinajstić information content (AvgIpc) is 3.53. The molecule has 1 aromatic carbocycles. The van der Waals surface area contributed by atoms with E-state index >= 15 is 0 Å². The lowest BCUT2D eigenvalue weighted by Crippen LogP contribution is -2.10. The zero-order valence-electron chi connectivity index (χ0n) is 18.2. The SMILES string of the molecule is C=CC=O.CN1CCCC1.N/C(=C\c1c([C@@H]2CCOC2)c[nH]c1N)c1ccccc1O. The van der Waals surface area contributed by atoms with Crippen LogP contribution in [0.25, 0.3) is 11.8 Å². The molecule has 1 aromatic heterocycles. The van der Waals surface area contributed by atoms with Gasteiger partial charge in [0.15, 0.2) is 0 Å². The molecule has 4 rings (SSSR count). The van der Waals surface area contributed by atoms with E-state index in [1.165, 1.54) is 32.0 Å². The van der Waals surface area contributed by atoms with Gasteiger partial charge in [-0.25, -0.2) is 0 Å². The number of carbonyl (C=O) groups is 1. The van der Waals surface area contributed by atoms with Crippen molar-refractivity contribution in [2.75, 3.05) is 39.1 Å². The highest BCUT2D eigenvalue weighted by atomic mass is 16.5. The fraction of sp³-hybridized carbons (Fsp3) is 0.375. The first-order chi connectivity index (χ1) is 15.0. The number of nitrogens with two attached hydrogens (primary N) is 2. The normalized spacial score (nSPS) is 18.5. The summed E-state index contributed by atoms with van der Waals surface area (Å²) in [5.41, 5.74) is 15.2. The van der Waals surface area contributed by atoms with Crippen molar-refractivity contribution in [2.24, 2.45) is 5.73 Å². The first-order valence-electron chi connectivity index (χ1n) is 10.5. The maximum absolute atomic E-state index is 9.88. The van der Waals surface area contributed by atoms with Crippen molar-refractivity contribution in [1.82, 2.24) is 9.88 Å². The molecule has 0 radical (unpaired) electrons. The van der Waals surface area contributed by atoms with Crippen LogP contribution in [0, 0.1) is 0 Å². The number of aromatic amines is 1. The Labute approximate surface area is 184 Å². The molecule has 0 bridgehead atoms. The van der Waals surface area contributed by atoms with Gasteiger partial charge in [-0.05, 0) is 69.2 Å². The summed E-state index contributed by atoms with van der Waals surface area (Å²) in [6.07, 6.45) is 9.37. The Bertz CT molecular complexity index is 857. The number of hydrogen-bond acceptors (Lipinski definition) is 6. The monoisotopic (exact) mass is 426 g/mol. The molecule has 3 heterocycles. The third-order valence-corrected chi connectivity index (χ3v) is 5.29. The van der Waals surface area contributed by atoms with Crippen LogP contribution in [-0.2, 0) is 9.53 Å². The number of rotatable bonds is 4. The van der Waals surface area contributed by atoms with Crippen LogP contribution in [0.2, 0.25) is 0 Å². The Hall–Kier alpha value is -3.03. The molecule has 0 unspecified atom stereocenters. The number of likely N-dealkylation sites (tertiary alicyclic amines) is 1. The topological polar surface area (TPSA) is 118 Å². The molecular weight excluding hydrogens is 392 g/mol. The summed E-state index contributed by atoms with van der Waals surface area (Å²) in [5.74, 6) is 1.07. The highest BCUT2D eigenvalue weighted by Gasteiger charge is 2.22. The molecule has 1 atom stereocenters. The summed E-state index contributed by atoms with van der Waals surface area (Å²) in [6, 6.07) is 6.99. The number of benzene rings is 1. The fourth-order valence-corrected chi connectivity index (χ4v) is 3.57. The smallest absolute Gasteiger partial charge is 0.142 e. The van der Waals surface area contributed by atoms with Gasteiger partial charge in [-0.2, -0.15) is 0 Å². The zero-order chi connectivity index (χ0) is 22.6. The van der Waals surface area contributed by atoms with Crippen molar-refractivity contribution in [3.8, 4) is 5.75 Å². The Kier molecular flexibility index (Phi) is 9.87. The summed E-state index contributed by atoms with van der Waals surface area (Å²) >= 11 is 0. The Morgan fingerprint density at radius 1 is 1.32 bits per heavy atom. The summed E-state index contributed by atoms with van der Waals surface area (Å²) in [7, 11) is 2.17. The van der Waals surface area contributed by atoms with Crippen molar-refractivity contribution in [1.29, 1.82) is 0 Å². The number of carbonyl (C=O) groups excluding carboxylic acids is 1. The average molecular weight is 427 g/mol. The summed E-state index contributed by atoms with van der Waals surface area (Å²) in [4.78, 5) is 14.5. The second-order valence-electron chi connectivity index (χ2n) is 7.63. The van der Waals surface area contributed by atoms with Gasteiger partial charge in [0, 0.05) is 35.5 Å².